The topological polar surface area (TPSA) is 51.1 Å². The Hall–Kier alpha value is -2.33. The Bertz CT molecular complexity index is 665. The Labute approximate surface area is 117 Å². The van der Waals surface area contributed by atoms with Gasteiger partial charge in [0.25, 0.3) is 0 Å². The second-order valence-electron chi connectivity index (χ2n) is 4.72. The van der Waals surface area contributed by atoms with E-state index in [1.807, 2.05) is 37.3 Å². The van der Waals surface area contributed by atoms with Crippen LogP contribution in [0.1, 0.15) is 16.7 Å². The minimum Gasteiger partial charge on any atom is -0.507 e. The largest absolute Gasteiger partial charge is 0.507 e. The normalized spacial score (nSPS) is 14.1. The van der Waals surface area contributed by atoms with Crippen molar-refractivity contribution < 1.29 is 14.6 Å². The number of nitrogens with zero attached hydrogens (tertiary/aromatic N) is 1. The van der Waals surface area contributed by atoms with Gasteiger partial charge in [0.2, 0.25) is 0 Å². The number of aliphatic imine (C=N–C) groups is 1. The molecule has 3 rings (SSSR count). The lowest BCUT2D eigenvalue weighted by Gasteiger charge is -2.17. The minimum absolute atomic E-state index is 0.224. The Balaban J connectivity index is 1.87. The van der Waals surface area contributed by atoms with Crippen molar-refractivity contribution in [3.63, 3.8) is 0 Å². The zero-order valence-corrected chi connectivity index (χ0v) is 11.2. The molecule has 0 unspecified atom stereocenters. The highest BCUT2D eigenvalue weighted by Crippen LogP contribution is 2.28. The van der Waals surface area contributed by atoms with E-state index in [-0.39, 0.29) is 12.5 Å². The van der Waals surface area contributed by atoms with Crippen molar-refractivity contribution >= 4 is 11.9 Å². The third kappa shape index (κ3) is 2.65. The van der Waals surface area contributed by atoms with E-state index >= 15 is 0 Å². The molecule has 2 aromatic rings. The van der Waals surface area contributed by atoms with Crippen LogP contribution in [0.15, 0.2) is 41.4 Å². The molecule has 0 aliphatic carbocycles. The quantitative estimate of drug-likeness (QED) is 0.851. The Morgan fingerprint density at radius 2 is 2.10 bits per heavy atom. The Morgan fingerprint density at radius 1 is 1.20 bits per heavy atom. The first-order valence-corrected chi connectivity index (χ1v) is 6.39. The Kier molecular flexibility index (Phi) is 3.39. The summed E-state index contributed by atoms with van der Waals surface area (Å²) in [6.45, 7) is 2.82. The molecule has 0 atom stereocenters. The molecule has 0 fully saturated rings. The summed E-state index contributed by atoms with van der Waals surface area (Å²) in [5, 5.41) is 9.77. The first kappa shape index (κ1) is 12.7. The summed E-state index contributed by atoms with van der Waals surface area (Å²) < 4.78 is 10.6. The zero-order chi connectivity index (χ0) is 13.9. The summed E-state index contributed by atoms with van der Waals surface area (Å²) in [6.07, 6.45) is 1.66. The summed E-state index contributed by atoms with van der Waals surface area (Å²) in [6, 6.07) is 11.1. The number of hydrogen-bond acceptors (Lipinski definition) is 4. The molecule has 0 saturated carbocycles. The molecular formula is C16H15NO3. The molecule has 102 valence electrons. The van der Waals surface area contributed by atoms with Gasteiger partial charge < -0.3 is 14.6 Å². The lowest BCUT2D eigenvalue weighted by Crippen LogP contribution is -2.10. The van der Waals surface area contributed by atoms with Crippen LogP contribution in [0.25, 0.3) is 0 Å². The maximum absolute atomic E-state index is 9.77. The molecule has 1 heterocycles. The first-order chi connectivity index (χ1) is 9.72. The molecule has 0 aromatic heterocycles. The number of benzene rings is 2. The third-order valence-electron chi connectivity index (χ3n) is 3.14. The van der Waals surface area contributed by atoms with Crippen LogP contribution in [0.4, 0.5) is 5.69 Å². The summed E-state index contributed by atoms with van der Waals surface area (Å²) in [4.78, 5) is 4.38. The highest BCUT2D eigenvalue weighted by atomic mass is 16.7. The highest BCUT2D eigenvalue weighted by molar-refractivity contribution is 5.85. The number of rotatable bonds is 2. The van der Waals surface area contributed by atoms with Gasteiger partial charge in [-0.1, -0.05) is 17.7 Å². The molecule has 0 radical (unpaired) electrons. The van der Waals surface area contributed by atoms with Crippen LogP contribution in [-0.2, 0) is 11.3 Å². The third-order valence-corrected chi connectivity index (χ3v) is 3.14. The fraction of sp³-hybridized carbons (Fsp3) is 0.188. The molecule has 4 heteroatoms. The maximum Gasteiger partial charge on any atom is 0.189 e. The number of phenols is 1. The molecule has 1 N–H and O–H groups in total. The summed E-state index contributed by atoms with van der Waals surface area (Å²) in [5.74, 6) is 1.03. The number of phenolic OH excluding ortho intramolecular Hbond substituents is 1. The second-order valence-corrected chi connectivity index (χ2v) is 4.72. The number of aromatic hydroxyl groups is 1. The number of aryl methyl sites for hydroxylation is 1. The van der Waals surface area contributed by atoms with Crippen LogP contribution in [-0.4, -0.2) is 18.1 Å². The summed E-state index contributed by atoms with van der Waals surface area (Å²) in [5.41, 5.74) is 3.59. The van der Waals surface area contributed by atoms with Gasteiger partial charge in [0.05, 0.1) is 12.3 Å². The van der Waals surface area contributed by atoms with Gasteiger partial charge in [-0.3, -0.25) is 4.99 Å². The van der Waals surface area contributed by atoms with Crippen molar-refractivity contribution in [1.82, 2.24) is 0 Å². The molecule has 0 saturated heterocycles. The van der Waals surface area contributed by atoms with E-state index in [9.17, 15) is 5.11 Å². The van der Waals surface area contributed by atoms with Crippen molar-refractivity contribution in [3.8, 4) is 11.5 Å². The Morgan fingerprint density at radius 3 is 3.00 bits per heavy atom. The van der Waals surface area contributed by atoms with E-state index in [0.29, 0.717) is 12.2 Å². The fourth-order valence-electron chi connectivity index (χ4n) is 2.06. The van der Waals surface area contributed by atoms with Gasteiger partial charge in [0, 0.05) is 23.4 Å². The predicted octanol–water partition coefficient (Wildman–Crippen LogP) is 3.32. The molecular weight excluding hydrogens is 254 g/mol. The summed E-state index contributed by atoms with van der Waals surface area (Å²) in [7, 11) is 0. The lowest BCUT2D eigenvalue weighted by atomic mass is 10.1. The second kappa shape index (κ2) is 5.35. The van der Waals surface area contributed by atoms with E-state index in [4.69, 9.17) is 9.47 Å². The standard InChI is InChI=1S/C16H15NO3/c1-11-2-5-15(18)13(6-11)8-17-14-4-3-12-9-19-10-20-16(12)7-14/h2-8,18H,9-10H2,1H3/b17-8+. The SMILES string of the molecule is Cc1ccc(O)c(/C=N/c2ccc3c(c2)OCOC3)c1. The fourth-order valence-corrected chi connectivity index (χ4v) is 2.06. The van der Waals surface area contributed by atoms with Crippen LogP contribution in [0.5, 0.6) is 11.5 Å². The van der Waals surface area contributed by atoms with Gasteiger partial charge in [-0.05, 0) is 25.1 Å². The van der Waals surface area contributed by atoms with Crippen LogP contribution >= 0.6 is 0 Å². The van der Waals surface area contributed by atoms with Crippen molar-refractivity contribution in [1.29, 1.82) is 0 Å². The van der Waals surface area contributed by atoms with Crippen molar-refractivity contribution in [2.24, 2.45) is 4.99 Å². The van der Waals surface area contributed by atoms with Gasteiger partial charge >= 0.3 is 0 Å². The van der Waals surface area contributed by atoms with Crippen molar-refractivity contribution in [3.05, 3.63) is 53.1 Å². The molecule has 0 spiro atoms. The van der Waals surface area contributed by atoms with Crippen molar-refractivity contribution in [2.75, 3.05) is 6.79 Å². The molecule has 20 heavy (non-hydrogen) atoms. The van der Waals surface area contributed by atoms with E-state index in [1.54, 1.807) is 12.3 Å². The van der Waals surface area contributed by atoms with Crippen LogP contribution in [0.3, 0.4) is 0 Å². The van der Waals surface area contributed by atoms with Gasteiger partial charge in [0.1, 0.15) is 11.5 Å². The van der Waals surface area contributed by atoms with Crippen LogP contribution in [0.2, 0.25) is 0 Å². The average molecular weight is 269 g/mol. The lowest BCUT2D eigenvalue weighted by molar-refractivity contribution is -0.0163. The predicted molar refractivity (Wildman–Crippen MR) is 76.8 cm³/mol. The van der Waals surface area contributed by atoms with E-state index < -0.39 is 0 Å². The maximum atomic E-state index is 9.77. The van der Waals surface area contributed by atoms with Gasteiger partial charge in [-0.15, -0.1) is 0 Å². The average Bonchev–Trinajstić information content (AvgIpc) is 2.48. The van der Waals surface area contributed by atoms with Gasteiger partial charge in [-0.25, -0.2) is 0 Å². The van der Waals surface area contributed by atoms with Crippen molar-refractivity contribution in [2.45, 2.75) is 13.5 Å². The minimum atomic E-state index is 0.224. The van der Waals surface area contributed by atoms with Gasteiger partial charge in [0.15, 0.2) is 6.79 Å². The zero-order valence-electron chi connectivity index (χ0n) is 11.2. The number of ether oxygens (including phenoxy) is 2. The number of fused-ring (bicyclic) bond motifs is 1. The molecule has 4 nitrogen and oxygen atoms in total. The number of hydrogen-bond donors (Lipinski definition) is 1. The molecule has 2 aromatic carbocycles. The van der Waals surface area contributed by atoms with Crippen LogP contribution in [0, 0.1) is 6.92 Å². The first-order valence-electron chi connectivity index (χ1n) is 6.39. The van der Waals surface area contributed by atoms with E-state index in [1.165, 1.54) is 0 Å². The molecule has 1 aliphatic heterocycles. The summed E-state index contributed by atoms with van der Waals surface area (Å²) >= 11 is 0. The highest BCUT2D eigenvalue weighted by Gasteiger charge is 2.10. The van der Waals surface area contributed by atoms with Gasteiger partial charge in [-0.2, -0.15) is 0 Å². The van der Waals surface area contributed by atoms with E-state index in [2.05, 4.69) is 4.99 Å². The molecule has 0 bridgehead atoms. The monoisotopic (exact) mass is 269 g/mol. The van der Waals surface area contributed by atoms with E-state index in [0.717, 1.165) is 22.6 Å². The molecule has 1 aliphatic rings. The molecule has 0 amide bonds. The van der Waals surface area contributed by atoms with Crippen LogP contribution < -0.4 is 4.74 Å². The smallest absolute Gasteiger partial charge is 0.189 e.